The van der Waals surface area contributed by atoms with Crippen molar-refractivity contribution in [2.45, 2.75) is 18.5 Å². The van der Waals surface area contributed by atoms with Gasteiger partial charge in [0.25, 0.3) is 0 Å². The Labute approximate surface area is 118 Å². The molecule has 4 nitrogen and oxygen atoms in total. The second kappa shape index (κ2) is 5.75. The van der Waals surface area contributed by atoms with E-state index >= 15 is 0 Å². The first-order chi connectivity index (χ1) is 9.83. The molecule has 2 atom stereocenters. The number of hydrogen-bond acceptors (Lipinski definition) is 3. The number of nitrogens with one attached hydrogen (secondary N) is 3. The maximum atomic E-state index is 11.6. The fraction of sp³-hybridized carbons (Fsp3) is 0.188. The van der Waals surface area contributed by atoms with Crippen LogP contribution in [-0.4, -0.2) is 11.9 Å². The zero-order valence-corrected chi connectivity index (χ0v) is 11.0. The van der Waals surface area contributed by atoms with Gasteiger partial charge in [-0.25, -0.2) is 5.43 Å². The van der Waals surface area contributed by atoms with Gasteiger partial charge in [0.15, 0.2) is 0 Å². The van der Waals surface area contributed by atoms with Crippen molar-refractivity contribution in [3.05, 3.63) is 66.2 Å². The summed E-state index contributed by atoms with van der Waals surface area (Å²) in [6.45, 7) is 0. The van der Waals surface area contributed by atoms with Crippen molar-refractivity contribution >= 4 is 11.6 Å². The minimum absolute atomic E-state index is 0.00520. The van der Waals surface area contributed by atoms with E-state index in [0.717, 1.165) is 11.3 Å². The number of rotatable bonds is 3. The molecule has 3 N–H and O–H groups in total. The standard InChI is InChI=1S/C16H17N3O/c20-15-11-14(17-13-9-5-2-6-10-13)16(19-18-15)12-7-3-1-4-8-12/h1-10,14,16-17,19H,11H2,(H,18,20). The maximum absolute atomic E-state index is 11.6. The van der Waals surface area contributed by atoms with Crippen LogP contribution in [-0.2, 0) is 4.79 Å². The Bertz CT molecular complexity index is 571. The highest BCUT2D eigenvalue weighted by molar-refractivity contribution is 5.77. The Hall–Kier alpha value is -2.33. The van der Waals surface area contributed by atoms with Gasteiger partial charge >= 0.3 is 0 Å². The summed E-state index contributed by atoms with van der Waals surface area (Å²) in [6, 6.07) is 20.2. The van der Waals surface area contributed by atoms with Gasteiger partial charge in [0.05, 0.1) is 12.1 Å². The molecule has 1 amide bonds. The smallest absolute Gasteiger partial charge is 0.236 e. The summed E-state index contributed by atoms with van der Waals surface area (Å²) in [7, 11) is 0. The molecule has 0 radical (unpaired) electrons. The molecule has 1 heterocycles. The molecule has 2 aromatic rings. The van der Waals surface area contributed by atoms with E-state index in [2.05, 4.69) is 28.3 Å². The van der Waals surface area contributed by atoms with Crippen LogP contribution in [0, 0.1) is 0 Å². The number of anilines is 1. The second-order valence-corrected chi connectivity index (χ2v) is 4.90. The predicted octanol–water partition coefficient (Wildman–Crippen LogP) is 2.23. The number of hydrogen-bond donors (Lipinski definition) is 3. The number of hydrazine groups is 1. The molecule has 1 saturated heterocycles. The van der Waals surface area contributed by atoms with Crippen molar-refractivity contribution in [2.24, 2.45) is 0 Å². The molecule has 2 aromatic carbocycles. The van der Waals surface area contributed by atoms with Gasteiger partial charge in [-0.1, -0.05) is 48.5 Å². The molecule has 3 rings (SSSR count). The van der Waals surface area contributed by atoms with Gasteiger partial charge in [0.2, 0.25) is 5.91 Å². The van der Waals surface area contributed by atoms with Crippen LogP contribution >= 0.6 is 0 Å². The van der Waals surface area contributed by atoms with Crippen molar-refractivity contribution in [1.82, 2.24) is 10.9 Å². The van der Waals surface area contributed by atoms with E-state index in [-0.39, 0.29) is 18.0 Å². The van der Waals surface area contributed by atoms with Gasteiger partial charge in [0, 0.05) is 12.1 Å². The van der Waals surface area contributed by atoms with Crippen molar-refractivity contribution < 1.29 is 4.79 Å². The molecule has 0 spiro atoms. The lowest BCUT2D eigenvalue weighted by atomic mass is 9.95. The molecule has 2 unspecified atom stereocenters. The Kier molecular flexibility index (Phi) is 3.65. The summed E-state index contributed by atoms with van der Waals surface area (Å²) in [5, 5.41) is 3.44. The third-order valence-corrected chi connectivity index (χ3v) is 3.46. The third-order valence-electron chi connectivity index (χ3n) is 3.46. The van der Waals surface area contributed by atoms with E-state index < -0.39 is 0 Å². The molecule has 4 heteroatoms. The summed E-state index contributed by atoms with van der Waals surface area (Å²) in [5.74, 6) is 0.00520. The topological polar surface area (TPSA) is 53.2 Å². The van der Waals surface area contributed by atoms with Crippen molar-refractivity contribution in [2.75, 3.05) is 5.32 Å². The first-order valence-electron chi connectivity index (χ1n) is 6.74. The number of benzene rings is 2. The lowest BCUT2D eigenvalue weighted by molar-refractivity contribution is -0.124. The van der Waals surface area contributed by atoms with Gasteiger partial charge in [-0.2, -0.15) is 0 Å². The molecule has 0 aromatic heterocycles. The predicted molar refractivity (Wildman–Crippen MR) is 78.9 cm³/mol. The third kappa shape index (κ3) is 2.81. The number of para-hydroxylation sites is 1. The maximum Gasteiger partial charge on any atom is 0.236 e. The van der Waals surface area contributed by atoms with Gasteiger partial charge in [-0.15, -0.1) is 0 Å². The number of amides is 1. The fourth-order valence-corrected chi connectivity index (χ4v) is 2.49. The van der Waals surface area contributed by atoms with Crippen molar-refractivity contribution in [1.29, 1.82) is 0 Å². The van der Waals surface area contributed by atoms with Crippen LogP contribution in [0.15, 0.2) is 60.7 Å². The van der Waals surface area contributed by atoms with Crippen LogP contribution in [0.4, 0.5) is 5.69 Å². The Balaban J connectivity index is 1.82. The van der Waals surface area contributed by atoms with Crippen LogP contribution in [0.2, 0.25) is 0 Å². The Morgan fingerprint density at radius 2 is 1.60 bits per heavy atom. The van der Waals surface area contributed by atoms with Crippen LogP contribution in [0.25, 0.3) is 0 Å². The fourth-order valence-electron chi connectivity index (χ4n) is 2.49. The molecule has 0 bridgehead atoms. The molecule has 1 fully saturated rings. The zero-order chi connectivity index (χ0) is 13.8. The lowest BCUT2D eigenvalue weighted by Crippen LogP contribution is -2.53. The SMILES string of the molecule is O=C1CC(Nc2ccccc2)C(c2ccccc2)NN1. The quantitative estimate of drug-likeness (QED) is 0.799. The van der Waals surface area contributed by atoms with Crippen LogP contribution in [0.5, 0.6) is 0 Å². The Morgan fingerprint density at radius 3 is 2.30 bits per heavy atom. The van der Waals surface area contributed by atoms with Gasteiger partial charge < -0.3 is 5.32 Å². The van der Waals surface area contributed by atoms with E-state index in [1.165, 1.54) is 0 Å². The molecule has 20 heavy (non-hydrogen) atoms. The molecular weight excluding hydrogens is 250 g/mol. The largest absolute Gasteiger partial charge is 0.380 e. The number of carbonyl (C=O) groups excluding carboxylic acids is 1. The van der Waals surface area contributed by atoms with Crippen molar-refractivity contribution in [3.8, 4) is 0 Å². The summed E-state index contributed by atoms with van der Waals surface area (Å²) >= 11 is 0. The summed E-state index contributed by atoms with van der Waals surface area (Å²) < 4.78 is 0. The average Bonchev–Trinajstić information content (AvgIpc) is 2.49. The number of carbonyl (C=O) groups is 1. The van der Waals surface area contributed by atoms with E-state index in [4.69, 9.17) is 0 Å². The van der Waals surface area contributed by atoms with E-state index in [1.54, 1.807) is 0 Å². The van der Waals surface area contributed by atoms with Crippen LogP contribution < -0.4 is 16.2 Å². The molecular formula is C16H17N3O. The summed E-state index contributed by atoms with van der Waals surface area (Å²) in [5.41, 5.74) is 7.99. The lowest BCUT2D eigenvalue weighted by Gasteiger charge is -2.34. The van der Waals surface area contributed by atoms with E-state index in [9.17, 15) is 4.79 Å². The van der Waals surface area contributed by atoms with Crippen LogP contribution in [0.1, 0.15) is 18.0 Å². The molecule has 102 valence electrons. The highest BCUT2D eigenvalue weighted by Gasteiger charge is 2.29. The minimum atomic E-state index is 0.00520. The summed E-state index contributed by atoms with van der Waals surface area (Å²) in [4.78, 5) is 11.6. The molecule has 0 saturated carbocycles. The van der Waals surface area contributed by atoms with Crippen LogP contribution in [0.3, 0.4) is 0 Å². The van der Waals surface area contributed by atoms with E-state index in [0.29, 0.717) is 6.42 Å². The van der Waals surface area contributed by atoms with Gasteiger partial charge in [-0.05, 0) is 17.7 Å². The molecule has 1 aliphatic rings. The van der Waals surface area contributed by atoms with E-state index in [1.807, 2.05) is 48.5 Å². The highest BCUT2D eigenvalue weighted by atomic mass is 16.2. The first-order valence-corrected chi connectivity index (χ1v) is 6.74. The van der Waals surface area contributed by atoms with Gasteiger partial charge in [-0.3, -0.25) is 10.2 Å². The second-order valence-electron chi connectivity index (χ2n) is 4.90. The normalized spacial score (nSPS) is 22.1. The highest BCUT2D eigenvalue weighted by Crippen LogP contribution is 2.24. The minimum Gasteiger partial charge on any atom is -0.380 e. The average molecular weight is 267 g/mol. The zero-order valence-electron chi connectivity index (χ0n) is 11.0. The summed E-state index contributed by atoms with van der Waals surface area (Å²) in [6.07, 6.45) is 0.446. The van der Waals surface area contributed by atoms with Crippen molar-refractivity contribution in [3.63, 3.8) is 0 Å². The Morgan fingerprint density at radius 1 is 0.950 bits per heavy atom. The van der Waals surface area contributed by atoms with Gasteiger partial charge in [0.1, 0.15) is 0 Å². The molecule has 0 aliphatic carbocycles. The first kappa shape index (κ1) is 12.7. The monoisotopic (exact) mass is 267 g/mol. The molecule has 1 aliphatic heterocycles.